The topological polar surface area (TPSA) is 38.7 Å². The molecule has 22 heavy (non-hydrogen) atoms. The van der Waals surface area contributed by atoms with E-state index in [9.17, 15) is 5.11 Å². The van der Waals surface area contributed by atoms with Crippen LogP contribution in [0.5, 0.6) is 5.75 Å². The Morgan fingerprint density at radius 3 is 2.50 bits per heavy atom. The number of unbranched alkanes of at least 4 members (excludes halogenated alkanes) is 1. The molecule has 1 N–H and O–H groups in total. The lowest BCUT2D eigenvalue weighted by atomic mass is 9.94. The lowest BCUT2D eigenvalue weighted by Gasteiger charge is -2.18. The fraction of sp³-hybridized carbons (Fsp3) is 0.579. The summed E-state index contributed by atoms with van der Waals surface area (Å²) in [6, 6.07) is 7.92. The predicted octanol–water partition coefficient (Wildman–Crippen LogP) is 4.35. The third-order valence-corrected chi connectivity index (χ3v) is 3.79. The van der Waals surface area contributed by atoms with Gasteiger partial charge in [-0.25, -0.2) is 0 Å². The Morgan fingerprint density at radius 1 is 1.23 bits per heavy atom. The second-order valence-electron chi connectivity index (χ2n) is 6.10. The van der Waals surface area contributed by atoms with E-state index in [-0.39, 0.29) is 12.0 Å². The first kappa shape index (κ1) is 18.7. The van der Waals surface area contributed by atoms with Crippen molar-refractivity contribution in [3.05, 3.63) is 42.0 Å². The molecule has 0 spiro atoms. The van der Waals surface area contributed by atoms with Crippen molar-refractivity contribution in [2.24, 2.45) is 5.92 Å². The van der Waals surface area contributed by atoms with Crippen molar-refractivity contribution in [1.82, 2.24) is 0 Å². The van der Waals surface area contributed by atoms with E-state index >= 15 is 0 Å². The first-order valence-electron chi connectivity index (χ1n) is 8.06. The molecule has 0 aliphatic carbocycles. The van der Waals surface area contributed by atoms with Crippen LogP contribution in [0.15, 0.2) is 36.4 Å². The Morgan fingerprint density at radius 2 is 1.91 bits per heavy atom. The lowest BCUT2D eigenvalue weighted by molar-refractivity contribution is 0.0905. The molecule has 3 nitrogen and oxygen atoms in total. The van der Waals surface area contributed by atoms with Gasteiger partial charge in [-0.1, -0.05) is 24.6 Å². The van der Waals surface area contributed by atoms with Gasteiger partial charge in [-0.15, -0.1) is 6.58 Å². The molecule has 2 atom stereocenters. The number of rotatable bonds is 11. The zero-order valence-corrected chi connectivity index (χ0v) is 14.2. The summed E-state index contributed by atoms with van der Waals surface area (Å²) in [4.78, 5) is 0. The molecule has 0 aromatic heterocycles. The minimum absolute atomic E-state index is 0.238. The van der Waals surface area contributed by atoms with E-state index in [1.165, 1.54) is 0 Å². The maximum atomic E-state index is 10.1. The highest BCUT2D eigenvalue weighted by molar-refractivity contribution is 5.26. The summed E-state index contributed by atoms with van der Waals surface area (Å²) < 4.78 is 10.8. The number of methoxy groups -OCH3 is 1. The molecule has 1 rings (SSSR count). The van der Waals surface area contributed by atoms with Crippen molar-refractivity contribution >= 4 is 0 Å². The van der Waals surface area contributed by atoms with Crippen LogP contribution in [0.4, 0.5) is 0 Å². The van der Waals surface area contributed by atoms with Gasteiger partial charge in [0.05, 0.1) is 19.8 Å². The van der Waals surface area contributed by atoms with Gasteiger partial charge in [-0.05, 0) is 56.2 Å². The van der Waals surface area contributed by atoms with E-state index in [1.807, 2.05) is 31.2 Å². The van der Waals surface area contributed by atoms with Gasteiger partial charge in [0, 0.05) is 6.61 Å². The molecule has 0 aliphatic heterocycles. The quantitative estimate of drug-likeness (QED) is 0.488. The van der Waals surface area contributed by atoms with E-state index in [0.717, 1.165) is 49.2 Å². The summed E-state index contributed by atoms with van der Waals surface area (Å²) in [6.07, 6.45) is 3.46. The number of benzene rings is 1. The average Bonchev–Trinajstić information content (AvgIpc) is 2.50. The van der Waals surface area contributed by atoms with Gasteiger partial charge in [0.25, 0.3) is 0 Å². The highest BCUT2D eigenvalue weighted by Gasteiger charge is 2.13. The Balaban J connectivity index is 2.08. The smallest absolute Gasteiger partial charge is 0.118 e. The van der Waals surface area contributed by atoms with Crippen molar-refractivity contribution in [1.29, 1.82) is 0 Å². The van der Waals surface area contributed by atoms with Crippen LogP contribution in [0, 0.1) is 5.92 Å². The van der Waals surface area contributed by atoms with Crippen molar-refractivity contribution < 1.29 is 14.6 Å². The Bertz CT molecular complexity index is 425. The van der Waals surface area contributed by atoms with Crippen LogP contribution in [-0.2, 0) is 11.3 Å². The predicted molar refractivity (Wildman–Crippen MR) is 91.1 cm³/mol. The fourth-order valence-electron chi connectivity index (χ4n) is 2.44. The Kier molecular flexibility index (Phi) is 8.86. The van der Waals surface area contributed by atoms with E-state index in [4.69, 9.17) is 9.47 Å². The summed E-state index contributed by atoms with van der Waals surface area (Å²) in [7, 11) is 1.66. The highest BCUT2D eigenvalue weighted by atomic mass is 16.5. The van der Waals surface area contributed by atoms with Crippen LogP contribution < -0.4 is 4.74 Å². The third-order valence-electron chi connectivity index (χ3n) is 3.79. The molecule has 124 valence electrons. The number of aliphatic hydroxyl groups excluding tert-OH is 1. The molecule has 0 radical (unpaired) electrons. The van der Waals surface area contributed by atoms with Crippen molar-refractivity contribution in [3.63, 3.8) is 0 Å². The molecule has 0 saturated carbocycles. The highest BCUT2D eigenvalue weighted by Crippen LogP contribution is 2.18. The van der Waals surface area contributed by atoms with Crippen LogP contribution in [-0.4, -0.2) is 24.9 Å². The van der Waals surface area contributed by atoms with E-state index in [0.29, 0.717) is 6.61 Å². The SMILES string of the molecule is C=C(C)C[C@H](C)[C@@H](O)CCCCOCc1ccc(OC)cc1. The average molecular weight is 306 g/mol. The van der Waals surface area contributed by atoms with Gasteiger partial charge in [-0.3, -0.25) is 0 Å². The lowest BCUT2D eigenvalue weighted by Crippen LogP contribution is -2.17. The first-order chi connectivity index (χ1) is 10.5. The molecular weight excluding hydrogens is 276 g/mol. The zero-order valence-electron chi connectivity index (χ0n) is 14.2. The molecule has 0 unspecified atom stereocenters. The molecule has 0 heterocycles. The molecule has 0 aliphatic rings. The molecule has 1 aromatic carbocycles. The minimum atomic E-state index is -0.238. The molecule has 0 amide bonds. The summed E-state index contributed by atoms with van der Waals surface area (Å²) in [5, 5.41) is 10.1. The van der Waals surface area contributed by atoms with E-state index in [1.54, 1.807) is 7.11 Å². The summed E-state index contributed by atoms with van der Waals surface area (Å²) in [6.45, 7) is 9.35. The van der Waals surface area contributed by atoms with Crippen LogP contribution in [0.2, 0.25) is 0 Å². The van der Waals surface area contributed by atoms with Gasteiger partial charge in [0.15, 0.2) is 0 Å². The molecule has 0 fully saturated rings. The van der Waals surface area contributed by atoms with Crippen LogP contribution >= 0.6 is 0 Å². The molecule has 0 saturated heterocycles. The molecular formula is C19H30O3. The zero-order chi connectivity index (χ0) is 16.4. The first-order valence-corrected chi connectivity index (χ1v) is 8.06. The second kappa shape index (κ2) is 10.4. The third kappa shape index (κ3) is 7.62. The molecule has 1 aromatic rings. The van der Waals surface area contributed by atoms with Crippen LogP contribution in [0.1, 0.15) is 45.1 Å². The monoisotopic (exact) mass is 306 g/mol. The molecule has 3 heteroatoms. The number of allylic oxidation sites excluding steroid dienone is 1. The summed E-state index contributed by atoms with van der Waals surface area (Å²) in [5.74, 6) is 1.15. The maximum absolute atomic E-state index is 10.1. The van der Waals surface area contributed by atoms with Crippen molar-refractivity contribution in [3.8, 4) is 5.75 Å². The van der Waals surface area contributed by atoms with Crippen LogP contribution in [0.25, 0.3) is 0 Å². The number of hydrogen-bond donors (Lipinski definition) is 1. The largest absolute Gasteiger partial charge is 0.497 e. The number of hydrogen-bond acceptors (Lipinski definition) is 3. The number of aliphatic hydroxyl groups is 1. The summed E-state index contributed by atoms with van der Waals surface area (Å²) >= 11 is 0. The Labute approximate surface area is 135 Å². The molecule has 0 bridgehead atoms. The normalized spacial score (nSPS) is 13.6. The van der Waals surface area contributed by atoms with Crippen molar-refractivity contribution in [2.45, 2.75) is 52.2 Å². The van der Waals surface area contributed by atoms with E-state index in [2.05, 4.69) is 13.5 Å². The van der Waals surface area contributed by atoms with Crippen LogP contribution in [0.3, 0.4) is 0 Å². The second-order valence-corrected chi connectivity index (χ2v) is 6.10. The van der Waals surface area contributed by atoms with Gasteiger partial charge >= 0.3 is 0 Å². The standard InChI is InChI=1S/C19H30O3/c1-15(2)13-16(3)19(20)7-5-6-12-22-14-17-8-10-18(21-4)11-9-17/h8-11,16,19-20H,1,5-7,12-14H2,2-4H3/t16-,19-/m0/s1. The van der Waals surface area contributed by atoms with Gasteiger partial charge in [0.1, 0.15) is 5.75 Å². The Hall–Kier alpha value is -1.32. The maximum Gasteiger partial charge on any atom is 0.118 e. The van der Waals surface area contributed by atoms with Gasteiger partial charge in [0.2, 0.25) is 0 Å². The van der Waals surface area contributed by atoms with Gasteiger partial charge in [-0.2, -0.15) is 0 Å². The number of ether oxygens (including phenoxy) is 2. The fourth-order valence-corrected chi connectivity index (χ4v) is 2.44. The van der Waals surface area contributed by atoms with E-state index < -0.39 is 0 Å². The minimum Gasteiger partial charge on any atom is -0.497 e. The summed E-state index contributed by atoms with van der Waals surface area (Å²) in [5.41, 5.74) is 2.28. The van der Waals surface area contributed by atoms with Crippen molar-refractivity contribution in [2.75, 3.05) is 13.7 Å². The van der Waals surface area contributed by atoms with Gasteiger partial charge < -0.3 is 14.6 Å².